The Bertz CT molecular complexity index is 533. The number of hydrogen-bond donors (Lipinski definition) is 1. The van der Waals surface area contributed by atoms with Gasteiger partial charge in [0.05, 0.1) is 0 Å². The summed E-state index contributed by atoms with van der Waals surface area (Å²) in [5.41, 5.74) is 1.00. The van der Waals surface area contributed by atoms with Crippen molar-refractivity contribution in [2.24, 2.45) is 0 Å². The van der Waals surface area contributed by atoms with Crippen LogP contribution in [-0.4, -0.2) is 27.9 Å². The molecule has 2 aromatic rings. The zero-order valence-corrected chi connectivity index (χ0v) is 12.1. The van der Waals surface area contributed by atoms with Crippen molar-refractivity contribution in [2.45, 2.75) is 0 Å². The number of aromatic carboxylic acids is 1. The van der Waals surface area contributed by atoms with Crippen LogP contribution in [0.25, 0.3) is 10.4 Å². The van der Waals surface area contributed by atoms with Gasteiger partial charge in [-0.1, -0.05) is 0 Å². The van der Waals surface area contributed by atoms with E-state index in [9.17, 15) is 4.79 Å². The maximum absolute atomic E-state index is 10.9. The molecule has 0 bridgehead atoms. The maximum atomic E-state index is 10.9. The van der Waals surface area contributed by atoms with Gasteiger partial charge >= 0.3 is 111 Å². The molecule has 5 heteroatoms. The molecule has 1 unspecified atom stereocenters. The molecule has 0 spiro atoms. The molecule has 2 rings (SSSR count). The Hall–Kier alpha value is -0.762. The van der Waals surface area contributed by atoms with Crippen molar-refractivity contribution in [1.82, 2.24) is 0 Å². The molecule has 2 nitrogen and oxygen atoms in total. The number of carboxylic acids is 1. The topological polar surface area (TPSA) is 37.3 Å². The molecule has 1 heterocycles. The third-order valence-corrected chi connectivity index (χ3v) is 4.92. The quantitative estimate of drug-likeness (QED) is 0.861. The summed E-state index contributed by atoms with van der Waals surface area (Å²) in [7, 11) is 0. The van der Waals surface area contributed by atoms with Gasteiger partial charge in [-0.25, -0.2) is 0 Å². The molecular formula is C11H8AsClO2S. The van der Waals surface area contributed by atoms with Crippen LogP contribution in [0.2, 0.25) is 5.02 Å². The molecule has 0 saturated heterocycles. The third-order valence-electron chi connectivity index (χ3n) is 2.08. The van der Waals surface area contributed by atoms with Gasteiger partial charge in [0.25, 0.3) is 0 Å². The number of rotatable bonds is 2. The van der Waals surface area contributed by atoms with Gasteiger partial charge in [-0.3, -0.25) is 0 Å². The van der Waals surface area contributed by atoms with E-state index in [1.165, 1.54) is 28.2 Å². The first-order valence-corrected chi connectivity index (χ1v) is 6.87. The Morgan fingerprint density at radius 3 is 2.44 bits per heavy atom. The van der Waals surface area contributed by atoms with Crippen LogP contribution in [0.5, 0.6) is 0 Å². The van der Waals surface area contributed by atoms with Crippen molar-refractivity contribution in [2.75, 3.05) is 0 Å². The molecule has 0 fully saturated rings. The van der Waals surface area contributed by atoms with Crippen molar-refractivity contribution < 1.29 is 9.90 Å². The normalized spacial score (nSPS) is 10.4. The molecule has 1 N–H and O–H groups in total. The summed E-state index contributed by atoms with van der Waals surface area (Å²) < 4.78 is 0.856. The van der Waals surface area contributed by atoms with Crippen LogP contribution in [0.4, 0.5) is 0 Å². The molecule has 16 heavy (non-hydrogen) atoms. The fraction of sp³-hybridized carbons (Fsp3) is 0. The number of benzene rings is 1. The van der Waals surface area contributed by atoms with Crippen molar-refractivity contribution >= 4 is 50.1 Å². The standard InChI is InChI=1S/C11H8AsClO2S/c12-8-5-9(16-10(8)11(14)15)6-1-3-7(13)4-2-6/h1-5H,12H2,(H,14,15). The van der Waals surface area contributed by atoms with Gasteiger partial charge in [-0.15, -0.1) is 0 Å². The second-order valence-corrected chi connectivity index (χ2v) is 6.00. The second kappa shape index (κ2) is 4.62. The van der Waals surface area contributed by atoms with Crippen LogP contribution in [0, 0.1) is 0 Å². The summed E-state index contributed by atoms with van der Waals surface area (Å²) in [4.78, 5) is 12.3. The van der Waals surface area contributed by atoms with Gasteiger partial charge in [0.1, 0.15) is 0 Å². The Labute approximate surface area is 110 Å². The molecule has 1 atom stereocenters. The molecule has 0 radical (unpaired) electrons. The van der Waals surface area contributed by atoms with Crippen LogP contribution in [0.1, 0.15) is 9.67 Å². The van der Waals surface area contributed by atoms with Crippen LogP contribution in [-0.2, 0) is 0 Å². The van der Waals surface area contributed by atoms with Gasteiger partial charge < -0.3 is 0 Å². The van der Waals surface area contributed by atoms with Gasteiger partial charge in [0, 0.05) is 0 Å². The van der Waals surface area contributed by atoms with Gasteiger partial charge in [0.15, 0.2) is 0 Å². The first-order valence-electron chi connectivity index (χ1n) is 4.46. The Morgan fingerprint density at radius 1 is 1.31 bits per heavy atom. The minimum absolute atomic E-state index is 0.421. The number of carbonyl (C=O) groups is 1. The summed E-state index contributed by atoms with van der Waals surface area (Å²) in [6.07, 6.45) is 0. The van der Waals surface area contributed by atoms with Crippen molar-refractivity contribution in [3.63, 3.8) is 0 Å². The van der Waals surface area contributed by atoms with Crippen LogP contribution in [0.15, 0.2) is 30.3 Å². The van der Waals surface area contributed by atoms with Crippen LogP contribution < -0.4 is 4.35 Å². The minimum atomic E-state index is -0.857. The molecule has 1 aromatic heterocycles. The molecule has 0 aliphatic rings. The fourth-order valence-corrected chi connectivity index (χ4v) is 3.61. The fourth-order valence-electron chi connectivity index (χ4n) is 1.33. The number of halogens is 1. The van der Waals surface area contributed by atoms with E-state index in [2.05, 4.69) is 0 Å². The number of hydrogen-bond acceptors (Lipinski definition) is 2. The van der Waals surface area contributed by atoms with Crippen molar-refractivity contribution in [3.8, 4) is 10.4 Å². The van der Waals surface area contributed by atoms with E-state index in [1.807, 2.05) is 18.2 Å². The van der Waals surface area contributed by atoms with Gasteiger partial charge in [-0.2, -0.15) is 0 Å². The molecule has 0 aliphatic heterocycles. The third kappa shape index (κ3) is 2.32. The summed E-state index contributed by atoms with van der Waals surface area (Å²) in [6, 6.07) is 9.31. The molecular weight excluding hydrogens is 307 g/mol. The number of thiophene rings is 1. The molecule has 0 aliphatic carbocycles. The van der Waals surface area contributed by atoms with Gasteiger partial charge in [0.2, 0.25) is 0 Å². The zero-order valence-electron chi connectivity index (χ0n) is 8.11. The van der Waals surface area contributed by atoms with E-state index in [0.29, 0.717) is 9.90 Å². The first-order chi connectivity index (χ1) is 7.58. The summed E-state index contributed by atoms with van der Waals surface area (Å²) in [5.74, 6) is -0.857. The van der Waals surface area contributed by atoms with Crippen molar-refractivity contribution in [1.29, 1.82) is 0 Å². The molecule has 0 saturated carbocycles. The summed E-state index contributed by atoms with van der Waals surface area (Å²) >= 11 is 8.43. The van der Waals surface area contributed by atoms with E-state index in [-0.39, 0.29) is 0 Å². The SMILES string of the molecule is O=C(O)c1sc(-c2ccc(Cl)cc2)cc1[AsH2]. The van der Waals surface area contributed by atoms with E-state index in [0.717, 1.165) is 14.8 Å². The second-order valence-electron chi connectivity index (χ2n) is 3.21. The van der Waals surface area contributed by atoms with E-state index in [1.54, 1.807) is 12.1 Å². The first kappa shape index (κ1) is 11.7. The predicted molar refractivity (Wildman–Crippen MR) is 69.9 cm³/mol. The molecule has 0 amide bonds. The average Bonchev–Trinajstić information content (AvgIpc) is 2.61. The Balaban J connectivity index is 2.45. The Morgan fingerprint density at radius 2 is 1.94 bits per heavy atom. The molecule has 1 aromatic carbocycles. The summed E-state index contributed by atoms with van der Waals surface area (Å²) in [6.45, 7) is 0. The van der Waals surface area contributed by atoms with Gasteiger partial charge in [-0.05, 0) is 0 Å². The van der Waals surface area contributed by atoms with E-state index in [4.69, 9.17) is 16.7 Å². The van der Waals surface area contributed by atoms with E-state index >= 15 is 0 Å². The van der Waals surface area contributed by atoms with Crippen molar-refractivity contribution in [3.05, 3.63) is 40.2 Å². The monoisotopic (exact) mass is 314 g/mol. The molecule has 82 valence electrons. The summed E-state index contributed by atoms with van der Waals surface area (Å²) in [5, 5.41) is 9.65. The van der Waals surface area contributed by atoms with Crippen LogP contribution >= 0.6 is 22.9 Å². The average molecular weight is 315 g/mol. The predicted octanol–water partition coefficient (Wildman–Crippen LogP) is 2.03. The zero-order chi connectivity index (χ0) is 11.7. The Kier molecular flexibility index (Phi) is 3.38. The van der Waals surface area contributed by atoms with Crippen LogP contribution in [0.3, 0.4) is 0 Å². The van der Waals surface area contributed by atoms with E-state index < -0.39 is 5.97 Å². The number of carboxylic acid groups (broad SMARTS) is 1.